The van der Waals surface area contributed by atoms with Gasteiger partial charge in [-0.05, 0) is 6.42 Å². The lowest BCUT2D eigenvalue weighted by atomic mass is 10.0. The SMILES string of the molecule is CCCCCCCCCCOC[C@@H](O)[C@H](O)[C@H](O)[C@@H](O)CO. The summed E-state index contributed by atoms with van der Waals surface area (Å²) in [6, 6.07) is 0. The van der Waals surface area contributed by atoms with Gasteiger partial charge in [-0.1, -0.05) is 51.9 Å². The Kier molecular flexibility index (Phi) is 14.2. The largest absolute Gasteiger partial charge is 0.394 e. The first-order valence-electron chi connectivity index (χ1n) is 8.45. The van der Waals surface area contributed by atoms with E-state index in [2.05, 4.69) is 6.92 Å². The molecule has 0 bridgehead atoms. The molecule has 0 saturated heterocycles. The Morgan fingerprint density at radius 2 is 1.23 bits per heavy atom. The minimum absolute atomic E-state index is 0.104. The van der Waals surface area contributed by atoms with E-state index in [1.807, 2.05) is 0 Å². The van der Waals surface area contributed by atoms with Crippen LogP contribution in [0, 0.1) is 0 Å². The van der Waals surface area contributed by atoms with Crippen molar-refractivity contribution in [3.8, 4) is 0 Å². The second kappa shape index (κ2) is 14.4. The van der Waals surface area contributed by atoms with E-state index in [-0.39, 0.29) is 6.61 Å². The number of hydrogen-bond acceptors (Lipinski definition) is 6. The Morgan fingerprint density at radius 3 is 1.77 bits per heavy atom. The van der Waals surface area contributed by atoms with Crippen molar-refractivity contribution in [1.29, 1.82) is 0 Å². The van der Waals surface area contributed by atoms with E-state index in [0.29, 0.717) is 6.61 Å². The van der Waals surface area contributed by atoms with Crippen LogP contribution in [0.4, 0.5) is 0 Å². The first kappa shape index (κ1) is 21.8. The van der Waals surface area contributed by atoms with Gasteiger partial charge in [0.15, 0.2) is 0 Å². The molecule has 0 fully saturated rings. The molecule has 0 radical (unpaired) electrons. The smallest absolute Gasteiger partial charge is 0.111 e. The summed E-state index contributed by atoms with van der Waals surface area (Å²) in [7, 11) is 0. The fraction of sp³-hybridized carbons (Fsp3) is 1.00. The summed E-state index contributed by atoms with van der Waals surface area (Å²) >= 11 is 0. The van der Waals surface area contributed by atoms with Crippen LogP contribution in [0.5, 0.6) is 0 Å². The highest BCUT2D eigenvalue weighted by Gasteiger charge is 2.29. The Hall–Kier alpha value is -0.240. The minimum Gasteiger partial charge on any atom is -0.394 e. The molecule has 0 heterocycles. The van der Waals surface area contributed by atoms with Gasteiger partial charge in [0.1, 0.15) is 24.4 Å². The van der Waals surface area contributed by atoms with Gasteiger partial charge in [0, 0.05) is 6.61 Å². The highest BCUT2D eigenvalue weighted by Crippen LogP contribution is 2.09. The molecule has 4 atom stereocenters. The van der Waals surface area contributed by atoms with Crippen LogP contribution in [0.25, 0.3) is 0 Å². The number of aliphatic hydroxyl groups is 5. The van der Waals surface area contributed by atoms with Crippen LogP contribution in [-0.4, -0.2) is 69.8 Å². The average molecular weight is 322 g/mol. The summed E-state index contributed by atoms with van der Waals surface area (Å²) in [4.78, 5) is 0. The van der Waals surface area contributed by atoms with E-state index in [1.165, 1.54) is 38.5 Å². The van der Waals surface area contributed by atoms with Crippen LogP contribution < -0.4 is 0 Å². The summed E-state index contributed by atoms with van der Waals surface area (Å²) in [5.74, 6) is 0. The topological polar surface area (TPSA) is 110 Å². The number of hydrogen-bond donors (Lipinski definition) is 5. The molecule has 0 aromatic rings. The molecule has 0 aromatic heterocycles. The van der Waals surface area contributed by atoms with Crippen molar-refractivity contribution >= 4 is 0 Å². The Morgan fingerprint density at radius 1 is 0.727 bits per heavy atom. The summed E-state index contributed by atoms with van der Waals surface area (Å²) in [5.41, 5.74) is 0. The normalized spacial score (nSPS) is 17.2. The zero-order valence-corrected chi connectivity index (χ0v) is 13.7. The van der Waals surface area contributed by atoms with Gasteiger partial charge in [0.05, 0.1) is 13.2 Å². The van der Waals surface area contributed by atoms with Gasteiger partial charge >= 0.3 is 0 Å². The van der Waals surface area contributed by atoms with Gasteiger partial charge < -0.3 is 30.3 Å². The van der Waals surface area contributed by atoms with Gasteiger partial charge in [0.2, 0.25) is 0 Å². The molecular weight excluding hydrogens is 288 g/mol. The number of rotatable bonds is 15. The molecule has 6 nitrogen and oxygen atoms in total. The molecule has 0 rings (SSSR count). The zero-order chi connectivity index (χ0) is 16.8. The quantitative estimate of drug-likeness (QED) is 0.282. The first-order valence-corrected chi connectivity index (χ1v) is 8.45. The predicted octanol–water partition coefficient (Wildman–Crippen LogP) is 0.580. The third kappa shape index (κ3) is 10.5. The molecule has 0 amide bonds. The maximum absolute atomic E-state index is 9.63. The lowest BCUT2D eigenvalue weighted by Gasteiger charge is -2.25. The van der Waals surface area contributed by atoms with Crippen molar-refractivity contribution < 1.29 is 30.3 Å². The Bertz CT molecular complexity index is 239. The van der Waals surface area contributed by atoms with Gasteiger partial charge in [-0.15, -0.1) is 0 Å². The summed E-state index contributed by atoms with van der Waals surface area (Å²) in [6.07, 6.45) is 3.66. The van der Waals surface area contributed by atoms with E-state index in [4.69, 9.17) is 9.84 Å². The second-order valence-electron chi connectivity index (χ2n) is 5.85. The number of ether oxygens (including phenoxy) is 1. The molecule has 0 spiro atoms. The van der Waals surface area contributed by atoms with Crippen molar-refractivity contribution in [3.05, 3.63) is 0 Å². The summed E-state index contributed by atoms with van der Waals surface area (Å²) in [5, 5.41) is 46.5. The third-order valence-corrected chi connectivity index (χ3v) is 3.76. The van der Waals surface area contributed by atoms with E-state index in [0.717, 1.165) is 12.8 Å². The molecule has 0 unspecified atom stereocenters. The van der Waals surface area contributed by atoms with Crippen molar-refractivity contribution in [3.63, 3.8) is 0 Å². The molecular formula is C16H34O6. The lowest BCUT2D eigenvalue weighted by Crippen LogP contribution is -2.47. The first-order chi connectivity index (χ1) is 10.5. The number of unbranched alkanes of at least 4 members (excludes halogenated alkanes) is 7. The Balaban J connectivity index is 3.50. The molecule has 134 valence electrons. The molecule has 0 aliphatic rings. The fourth-order valence-electron chi connectivity index (χ4n) is 2.20. The van der Waals surface area contributed by atoms with Crippen LogP contribution in [0.3, 0.4) is 0 Å². The fourth-order valence-corrected chi connectivity index (χ4v) is 2.20. The maximum Gasteiger partial charge on any atom is 0.111 e. The van der Waals surface area contributed by atoms with Gasteiger partial charge in [-0.25, -0.2) is 0 Å². The van der Waals surface area contributed by atoms with Crippen LogP contribution in [0.1, 0.15) is 58.3 Å². The zero-order valence-electron chi connectivity index (χ0n) is 13.7. The summed E-state index contributed by atoms with van der Waals surface area (Å²) < 4.78 is 5.26. The van der Waals surface area contributed by atoms with E-state index < -0.39 is 31.0 Å². The predicted molar refractivity (Wildman–Crippen MR) is 84.5 cm³/mol. The molecule has 0 saturated carbocycles. The molecule has 0 aliphatic heterocycles. The Labute approximate surface area is 133 Å². The van der Waals surface area contributed by atoms with E-state index >= 15 is 0 Å². The van der Waals surface area contributed by atoms with Crippen LogP contribution in [0.15, 0.2) is 0 Å². The molecule has 0 aromatic carbocycles. The minimum atomic E-state index is -1.59. The number of aliphatic hydroxyl groups excluding tert-OH is 5. The van der Waals surface area contributed by atoms with Crippen LogP contribution >= 0.6 is 0 Å². The van der Waals surface area contributed by atoms with Crippen molar-refractivity contribution in [2.75, 3.05) is 19.8 Å². The monoisotopic (exact) mass is 322 g/mol. The van der Waals surface area contributed by atoms with E-state index in [1.54, 1.807) is 0 Å². The molecule has 22 heavy (non-hydrogen) atoms. The highest BCUT2D eigenvalue weighted by atomic mass is 16.5. The van der Waals surface area contributed by atoms with Crippen molar-refractivity contribution in [2.45, 2.75) is 82.7 Å². The molecule has 5 N–H and O–H groups in total. The standard InChI is InChI=1S/C16H34O6/c1-2-3-4-5-6-7-8-9-10-22-12-14(19)16(21)15(20)13(18)11-17/h13-21H,2-12H2,1H3/t13-,14+,15+,16-/m0/s1. The lowest BCUT2D eigenvalue weighted by molar-refractivity contribution is -0.129. The third-order valence-electron chi connectivity index (χ3n) is 3.76. The highest BCUT2D eigenvalue weighted by molar-refractivity contribution is 4.80. The van der Waals surface area contributed by atoms with Crippen molar-refractivity contribution in [1.82, 2.24) is 0 Å². The van der Waals surface area contributed by atoms with Crippen LogP contribution in [-0.2, 0) is 4.74 Å². The average Bonchev–Trinajstić information content (AvgIpc) is 2.54. The molecule has 6 heteroatoms. The molecule has 0 aliphatic carbocycles. The second-order valence-corrected chi connectivity index (χ2v) is 5.85. The maximum atomic E-state index is 9.63. The summed E-state index contributed by atoms with van der Waals surface area (Å²) in [6.45, 7) is 1.92. The van der Waals surface area contributed by atoms with Crippen molar-refractivity contribution in [2.24, 2.45) is 0 Å². The van der Waals surface area contributed by atoms with E-state index in [9.17, 15) is 20.4 Å². The van der Waals surface area contributed by atoms with Gasteiger partial charge in [-0.3, -0.25) is 0 Å². The van der Waals surface area contributed by atoms with Crippen LogP contribution in [0.2, 0.25) is 0 Å². The van der Waals surface area contributed by atoms with Gasteiger partial charge in [0.25, 0.3) is 0 Å². The van der Waals surface area contributed by atoms with Gasteiger partial charge in [-0.2, -0.15) is 0 Å².